The number of halogens is 4. The summed E-state index contributed by atoms with van der Waals surface area (Å²) in [6.45, 7) is -1.53. The number of aliphatic hydroxyl groups is 1. The zero-order chi connectivity index (χ0) is 15.9. The second-order valence-electron chi connectivity index (χ2n) is 4.12. The fourth-order valence-corrected chi connectivity index (χ4v) is 1.81. The van der Waals surface area contributed by atoms with E-state index in [0.29, 0.717) is 22.1 Å². The smallest absolute Gasteiger partial charge is 0.411 e. The number of ether oxygens (including phenoxy) is 3. The van der Waals surface area contributed by atoms with Crippen LogP contribution < -0.4 is 9.47 Å². The van der Waals surface area contributed by atoms with Crippen molar-refractivity contribution < 1.29 is 32.5 Å². The van der Waals surface area contributed by atoms with Crippen LogP contribution in [0.3, 0.4) is 0 Å². The van der Waals surface area contributed by atoms with E-state index in [1.54, 1.807) is 0 Å². The first-order chi connectivity index (χ1) is 9.87. The summed E-state index contributed by atoms with van der Waals surface area (Å²) < 4.78 is 50.5. The maximum atomic E-state index is 11.9. The van der Waals surface area contributed by atoms with Gasteiger partial charge < -0.3 is 19.3 Å². The van der Waals surface area contributed by atoms with Gasteiger partial charge in [-0.2, -0.15) is 13.2 Å². The second-order valence-corrected chi connectivity index (χ2v) is 4.56. The van der Waals surface area contributed by atoms with Crippen LogP contribution in [0.1, 0.15) is 12.0 Å². The molecular weight excluding hydrogens is 313 g/mol. The SMILES string of the molecule is COc1cc(Cl)cc(CO)c1OCCCOCC(F)(F)F. The van der Waals surface area contributed by atoms with E-state index in [2.05, 4.69) is 4.74 Å². The minimum Gasteiger partial charge on any atom is -0.493 e. The molecule has 21 heavy (non-hydrogen) atoms. The standard InChI is InChI=1S/C13H16ClF3O4/c1-19-11-6-10(14)5-9(7-18)12(11)21-4-2-3-20-8-13(15,16)17/h5-6,18H,2-4,7-8H2,1H3. The molecule has 1 aromatic rings. The van der Waals surface area contributed by atoms with Gasteiger partial charge in [0.1, 0.15) is 6.61 Å². The zero-order valence-electron chi connectivity index (χ0n) is 11.4. The minimum absolute atomic E-state index is 0.0795. The van der Waals surface area contributed by atoms with E-state index >= 15 is 0 Å². The molecule has 0 fully saturated rings. The molecule has 1 rings (SSSR count). The molecular formula is C13H16ClF3O4. The summed E-state index contributed by atoms with van der Waals surface area (Å²) in [7, 11) is 1.42. The first-order valence-electron chi connectivity index (χ1n) is 6.12. The van der Waals surface area contributed by atoms with Gasteiger partial charge in [-0.15, -0.1) is 0 Å². The number of rotatable bonds is 8. The fraction of sp³-hybridized carbons (Fsp3) is 0.538. The van der Waals surface area contributed by atoms with Gasteiger partial charge in [-0.3, -0.25) is 0 Å². The maximum Gasteiger partial charge on any atom is 0.411 e. The first kappa shape index (κ1) is 17.9. The molecule has 0 atom stereocenters. The van der Waals surface area contributed by atoms with Crippen molar-refractivity contribution in [3.8, 4) is 11.5 Å². The van der Waals surface area contributed by atoms with E-state index in [0.717, 1.165) is 0 Å². The highest BCUT2D eigenvalue weighted by molar-refractivity contribution is 6.30. The Labute approximate surface area is 125 Å². The monoisotopic (exact) mass is 328 g/mol. The van der Waals surface area contributed by atoms with Crippen LogP contribution in [-0.4, -0.2) is 38.2 Å². The van der Waals surface area contributed by atoms with E-state index in [1.165, 1.54) is 19.2 Å². The number of alkyl halides is 3. The predicted octanol–water partition coefficient (Wildman–Crippen LogP) is 3.19. The van der Waals surface area contributed by atoms with Crippen LogP contribution in [0.15, 0.2) is 12.1 Å². The lowest BCUT2D eigenvalue weighted by Gasteiger charge is -2.15. The zero-order valence-corrected chi connectivity index (χ0v) is 12.1. The summed E-state index contributed by atoms with van der Waals surface area (Å²) in [5.41, 5.74) is 0.440. The fourth-order valence-electron chi connectivity index (χ4n) is 1.58. The summed E-state index contributed by atoms with van der Waals surface area (Å²) >= 11 is 5.85. The van der Waals surface area contributed by atoms with Crippen molar-refractivity contribution in [2.24, 2.45) is 0 Å². The van der Waals surface area contributed by atoms with Gasteiger partial charge >= 0.3 is 6.18 Å². The van der Waals surface area contributed by atoms with Gasteiger partial charge in [0, 0.05) is 23.1 Å². The van der Waals surface area contributed by atoms with Crippen LogP contribution in [-0.2, 0) is 11.3 Å². The molecule has 0 spiro atoms. The van der Waals surface area contributed by atoms with Crippen molar-refractivity contribution in [3.63, 3.8) is 0 Å². The number of benzene rings is 1. The van der Waals surface area contributed by atoms with E-state index in [1.807, 2.05) is 0 Å². The molecule has 0 aromatic heterocycles. The van der Waals surface area contributed by atoms with Crippen molar-refractivity contribution in [1.29, 1.82) is 0 Å². The van der Waals surface area contributed by atoms with Crippen LogP contribution in [0.2, 0.25) is 5.02 Å². The van der Waals surface area contributed by atoms with Crippen LogP contribution in [0.4, 0.5) is 13.2 Å². The minimum atomic E-state index is -4.33. The van der Waals surface area contributed by atoms with Crippen molar-refractivity contribution in [1.82, 2.24) is 0 Å². The molecule has 0 radical (unpaired) electrons. The quantitative estimate of drug-likeness (QED) is 0.745. The average molecular weight is 329 g/mol. The Morgan fingerprint density at radius 2 is 1.95 bits per heavy atom. The van der Waals surface area contributed by atoms with Gasteiger partial charge in [-0.1, -0.05) is 11.6 Å². The van der Waals surface area contributed by atoms with E-state index in [4.69, 9.17) is 21.1 Å². The third-order valence-electron chi connectivity index (χ3n) is 2.43. The molecule has 0 aliphatic rings. The first-order valence-corrected chi connectivity index (χ1v) is 6.49. The molecule has 0 saturated heterocycles. The molecule has 0 bridgehead atoms. The Balaban J connectivity index is 2.48. The number of hydrogen-bond donors (Lipinski definition) is 1. The third-order valence-corrected chi connectivity index (χ3v) is 2.65. The summed E-state index contributed by atoms with van der Waals surface area (Å²) in [5.74, 6) is 0.669. The lowest BCUT2D eigenvalue weighted by molar-refractivity contribution is -0.174. The van der Waals surface area contributed by atoms with Gasteiger partial charge in [-0.25, -0.2) is 0 Å². The molecule has 1 aromatic carbocycles. The molecule has 0 aliphatic carbocycles. The maximum absolute atomic E-state index is 11.9. The summed E-state index contributed by atoms with van der Waals surface area (Å²) in [5, 5.41) is 9.64. The third kappa shape index (κ3) is 6.41. The van der Waals surface area contributed by atoms with E-state index < -0.39 is 12.8 Å². The van der Waals surface area contributed by atoms with Crippen molar-refractivity contribution in [2.75, 3.05) is 26.9 Å². The van der Waals surface area contributed by atoms with Crippen molar-refractivity contribution >= 4 is 11.6 Å². The molecule has 1 N–H and O–H groups in total. The topological polar surface area (TPSA) is 47.9 Å². The van der Waals surface area contributed by atoms with Crippen LogP contribution >= 0.6 is 11.6 Å². The molecule has 8 heteroatoms. The average Bonchev–Trinajstić information content (AvgIpc) is 2.41. The highest BCUT2D eigenvalue weighted by Crippen LogP contribution is 2.34. The van der Waals surface area contributed by atoms with Gasteiger partial charge in [-0.05, 0) is 6.07 Å². The molecule has 120 valence electrons. The van der Waals surface area contributed by atoms with Crippen LogP contribution in [0, 0.1) is 0 Å². The molecule has 0 saturated carbocycles. The summed E-state index contributed by atoms with van der Waals surface area (Å²) in [4.78, 5) is 0. The van der Waals surface area contributed by atoms with Crippen molar-refractivity contribution in [3.05, 3.63) is 22.7 Å². The van der Waals surface area contributed by atoms with Gasteiger partial charge in [0.05, 0.1) is 26.9 Å². The Morgan fingerprint density at radius 3 is 2.52 bits per heavy atom. The highest BCUT2D eigenvalue weighted by Gasteiger charge is 2.27. The predicted molar refractivity (Wildman–Crippen MR) is 70.9 cm³/mol. The molecule has 0 heterocycles. The van der Waals surface area contributed by atoms with Crippen LogP contribution in [0.25, 0.3) is 0 Å². The highest BCUT2D eigenvalue weighted by atomic mass is 35.5. The van der Waals surface area contributed by atoms with Gasteiger partial charge in [0.15, 0.2) is 11.5 Å². The Kier molecular flexibility index (Phi) is 7.07. The van der Waals surface area contributed by atoms with Crippen molar-refractivity contribution in [2.45, 2.75) is 19.2 Å². The van der Waals surface area contributed by atoms with E-state index in [9.17, 15) is 18.3 Å². The lowest BCUT2D eigenvalue weighted by Crippen LogP contribution is -2.18. The van der Waals surface area contributed by atoms with Gasteiger partial charge in [0.2, 0.25) is 0 Å². The largest absolute Gasteiger partial charge is 0.493 e. The summed E-state index contributed by atoms with van der Waals surface area (Å²) in [6, 6.07) is 3.05. The number of hydrogen-bond acceptors (Lipinski definition) is 4. The number of aliphatic hydroxyl groups excluding tert-OH is 1. The lowest BCUT2D eigenvalue weighted by atomic mass is 10.2. The molecule has 0 aliphatic heterocycles. The number of methoxy groups -OCH3 is 1. The molecule has 0 unspecified atom stereocenters. The normalized spacial score (nSPS) is 11.5. The Hall–Kier alpha value is -1.18. The van der Waals surface area contributed by atoms with Crippen LogP contribution in [0.5, 0.6) is 11.5 Å². The Morgan fingerprint density at radius 1 is 1.24 bits per heavy atom. The van der Waals surface area contributed by atoms with Gasteiger partial charge in [0.25, 0.3) is 0 Å². The molecule has 4 nitrogen and oxygen atoms in total. The Bertz CT molecular complexity index is 427. The second kappa shape index (κ2) is 8.31. The summed E-state index contributed by atoms with van der Waals surface area (Å²) in [6.07, 6.45) is -4.06. The molecule has 0 amide bonds. The van der Waals surface area contributed by atoms with E-state index in [-0.39, 0.29) is 26.2 Å².